The molecule has 2 aliphatic rings. The van der Waals surface area contributed by atoms with Gasteiger partial charge < -0.3 is 30.2 Å². The molecule has 64 heavy (non-hydrogen) atoms. The second-order valence-corrected chi connectivity index (χ2v) is 18.9. The summed E-state index contributed by atoms with van der Waals surface area (Å²) < 4.78 is 144. The molecule has 0 saturated carbocycles. The third kappa shape index (κ3) is 14.0. The topological polar surface area (TPSA) is 191 Å². The lowest BCUT2D eigenvalue weighted by Gasteiger charge is -2.25. The second-order valence-electron chi connectivity index (χ2n) is 14.6. The maximum Gasteiger partial charge on any atom is 0.416 e. The van der Waals surface area contributed by atoms with E-state index < -0.39 is 55.2 Å². The summed E-state index contributed by atoms with van der Waals surface area (Å²) in [6.45, 7) is 5.06. The predicted molar refractivity (Wildman–Crippen MR) is 226 cm³/mol. The highest BCUT2D eigenvalue weighted by atomic mass is 32.2. The van der Waals surface area contributed by atoms with Crippen LogP contribution in [-0.2, 0) is 41.5 Å². The summed E-state index contributed by atoms with van der Waals surface area (Å²) in [5, 5.41) is 9.64. The van der Waals surface area contributed by atoms with E-state index >= 15 is 0 Å². The van der Waals surface area contributed by atoms with Gasteiger partial charge in [0.15, 0.2) is 19.7 Å². The van der Waals surface area contributed by atoms with Crippen LogP contribution < -0.4 is 26.0 Å². The predicted octanol–water partition coefficient (Wildman–Crippen LogP) is 9.87. The number of hydrogen-bond donors (Lipinski definition) is 4. The van der Waals surface area contributed by atoms with Gasteiger partial charge in [-0.3, -0.25) is 5.32 Å². The van der Waals surface area contributed by atoms with Crippen molar-refractivity contribution in [1.29, 1.82) is 0 Å². The smallest absolute Gasteiger partial charge is 0.416 e. The second kappa shape index (κ2) is 21.5. The zero-order valence-electron chi connectivity index (χ0n) is 34.6. The van der Waals surface area contributed by atoms with E-state index in [0.717, 1.165) is 30.8 Å². The van der Waals surface area contributed by atoms with Gasteiger partial charge in [-0.1, -0.05) is 26.0 Å². The molecule has 3 heterocycles. The Labute approximate surface area is 366 Å². The fourth-order valence-electron chi connectivity index (χ4n) is 6.59. The van der Waals surface area contributed by atoms with Crippen LogP contribution in [0.3, 0.4) is 0 Å². The van der Waals surface area contributed by atoms with E-state index in [1.165, 1.54) is 42.5 Å². The number of amides is 4. The van der Waals surface area contributed by atoms with Gasteiger partial charge in [-0.15, -0.1) is 0 Å². The summed E-state index contributed by atoms with van der Waals surface area (Å²) in [6.07, 6.45) is -5.06. The fourth-order valence-corrected chi connectivity index (χ4v) is 9.29. The third-order valence-corrected chi connectivity index (χ3v) is 13.5. The number of carbonyl (C=O) groups is 2. The lowest BCUT2D eigenvalue weighted by atomic mass is 10.0. The molecule has 1 atom stereocenters. The Morgan fingerprint density at radius 1 is 0.703 bits per heavy atom. The van der Waals surface area contributed by atoms with Crippen LogP contribution in [0.2, 0.25) is 0 Å². The molecule has 3 aromatic carbocycles. The van der Waals surface area contributed by atoms with Crippen molar-refractivity contribution >= 4 is 54.6 Å². The van der Waals surface area contributed by atoms with Crippen molar-refractivity contribution in [1.82, 2.24) is 4.98 Å². The quantitative estimate of drug-likeness (QED) is 0.0939. The van der Waals surface area contributed by atoms with Gasteiger partial charge in [0.1, 0.15) is 17.7 Å². The molecular weight excluding hydrogens is 897 g/mol. The Bertz CT molecular complexity index is 2480. The molecule has 2 saturated heterocycles. The van der Waals surface area contributed by atoms with Gasteiger partial charge in [0.05, 0.1) is 57.4 Å². The number of pyridine rings is 1. The summed E-state index contributed by atoms with van der Waals surface area (Å²) in [6, 6.07) is 12.6. The Morgan fingerprint density at radius 2 is 1.30 bits per heavy atom. The van der Waals surface area contributed by atoms with Crippen LogP contribution in [0, 0.1) is 0 Å². The monoisotopic (exact) mass is 943 g/mol. The van der Waals surface area contributed by atoms with Crippen molar-refractivity contribution in [3.63, 3.8) is 0 Å². The molecule has 0 radical (unpaired) electrons. The van der Waals surface area contributed by atoms with Crippen LogP contribution in [0.25, 0.3) is 0 Å². The number of rotatable bonds is 13. The van der Waals surface area contributed by atoms with Crippen molar-refractivity contribution in [3.8, 4) is 5.75 Å². The number of urea groups is 2. The first-order valence-corrected chi connectivity index (χ1v) is 23.4. The van der Waals surface area contributed by atoms with Crippen molar-refractivity contribution < 1.29 is 67.0 Å². The van der Waals surface area contributed by atoms with E-state index in [1.807, 2.05) is 0 Å². The van der Waals surface area contributed by atoms with Crippen LogP contribution in [0.1, 0.15) is 75.2 Å². The molecule has 6 rings (SSSR count). The molecule has 0 aliphatic carbocycles. The number of nitrogens with one attached hydrogen (secondary N) is 4. The number of aromatic nitrogens is 1. The first-order valence-electron chi connectivity index (χ1n) is 20.1. The molecule has 22 heteroatoms. The molecule has 0 spiro atoms. The van der Waals surface area contributed by atoms with Crippen molar-refractivity contribution in [2.45, 2.75) is 86.7 Å². The van der Waals surface area contributed by atoms with Crippen molar-refractivity contribution in [2.75, 3.05) is 52.6 Å². The summed E-state index contributed by atoms with van der Waals surface area (Å²) in [5.41, 5.74) is -1.01. The molecule has 2 fully saturated rings. The average molecular weight is 944 g/mol. The zero-order valence-corrected chi connectivity index (χ0v) is 36.3. The van der Waals surface area contributed by atoms with Crippen molar-refractivity contribution in [3.05, 3.63) is 95.7 Å². The minimum atomic E-state index is -4.58. The SMILES string of the molecule is CCCS(=O)(=O)c1ccc(C2CCCO2)c(NC(=O)Nc2cc(C(F)(F)F)ccn2)c1.CCCS(=O)(=O)c1ccc(OC2CCOCC2)c(NC(=O)Nc2cccc(C(F)(F)F)c2)c1. The molecule has 2 aliphatic heterocycles. The highest BCUT2D eigenvalue weighted by molar-refractivity contribution is 7.91. The summed E-state index contributed by atoms with van der Waals surface area (Å²) in [7, 11) is -7.11. The summed E-state index contributed by atoms with van der Waals surface area (Å²) in [5.74, 6) is -0.146. The number of halogens is 6. The zero-order chi connectivity index (χ0) is 46.7. The molecule has 1 unspecified atom stereocenters. The van der Waals surface area contributed by atoms with E-state index in [1.54, 1.807) is 19.9 Å². The number of alkyl halides is 6. The normalized spacial score (nSPS) is 16.0. The standard InChI is InChI=1S/C22H25F3N2O5S.C20H22F3N3O4S/c1-2-12-33(29,30)18-6-7-20(32-17-8-10-31-11-9-17)19(14-18)27-21(28)26-16-5-3-4-15(13-16)22(23,24)25;1-2-10-31(28,29)14-5-6-15(17-4-3-9-30-17)16(12-14)25-19(27)26-18-11-13(7-8-24-18)20(21,22)23/h3-7,13-14,17H,2,8-12H2,1H3,(H2,26,27,28);5-8,11-12,17H,2-4,9-10H2,1H3,(H2,24,25,26,27). The molecule has 4 aromatic rings. The van der Waals surface area contributed by atoms with E-state index in [4.69, 9.17) is 14.2 Å². The number of anilines is 4. The molecule has 348 valence electrons. The average Bonchev–Trinajstić information content (AvgIpc) is 3.77. The van der Waals surface area contributed by atoms with Crippen LogP contribution >= 0.6 is 0 Å². The molecule has 14 nitrogen and oxygen atoms in total. The Morgan fingerprint density at radius 3 is 1.91 bits per heavy atom. The van der Waals surface area contributed by atoms with Crippen molar-refractivity contribution in [2.24, 2.45) is 0 Å². The number of sulfone groups is 2. The van der Waals surface area contributed by atoms with Crippen LogP contribution in [0.15, 0.2) is 88.8 Å². The van der Waals surface area contributed by atoms with E-state index in [2.05, 4.69) is 26.3 Å². The fraction of sp³-hybridized carbons (Fsp3) is 0.405. The highest BCUT2D eigenvalue weighted by Gasteiger charge is 2.32. The maximum absolute atomic E-state index is 12.9. The third-order valence-electron chi connectivity index (χ3n) is 9.65. The Hall–Kier alpha value is -5.45. The maximum atomic E-state index is 12.9. The van der Waals surface area contributed by atoms with Gasteiger partial charge in [0.2, 0.25) is 0 Å². The van der Waals surface area contributed by atoms with E-state index in [-0.39, 0.29) is 62.1 Å². The van der Waals surface area contributed by atoms with Gasteiger partial charge in [-0.05, 0) is 86.3 Å². The lowest BCUT2D eigenvalue weighted by molar-refractivity contribution is -0.138. The minimum Gasteiger partial charge on any atom is -0.488 e. The largest absolute Gasteiger partial charge is 0.488 e. The van der Waals surface area contributed by atoms with E-state index in [9.17, 15) is 52.8 Å². The minimum absolute atomic E-state index is 0.0121. The molecule has 4 N–H and O–H groups in total. The van der Waals surface area contributed by atoms with Gasteiger partial charge in [-0.2, -0.15) is 26.3 Å². The molecular formula is C42H47F6N5O9S2. The molecule has 0 bridgehead atoms. The van der Waals surface area contributed by atoms with Crippen LogP contribution in [0.5, 0.6) is 5.75 Å². The van der Waals surface area contributed by atoms with Crippen LogP contribution in [-0.4, -0.2) is 71.3 Å². The Kier molecular flexibility index (Phi) is 16.6. The Balaban J connectivity index is 0.000000241. The number of benzene rings is 3. The first-order chi connectivity index (χ1) is 30.2. The van der Waals surface area contributed by atoms with E-state index in [0.29, 0.717) is 63.6 Å². The number of carbonyl (C=O) groups excluding carboxylic acids is 2. The lowest BCUT2D eigenvalue weighted by Crippen LogP contribution is -2.27. The van der Waals surface area contributed by atoms with Crippen LogP contribution in [0.4, 0.5) is 58.8 Å². The highest BCUT2D eigenvalue weighted by Crippen LogP contribution is 2.36. The first kappa shape index (κ1) is 49.6. The summed E-state index contributed by atoms with van der Waals surface area (Å²) in [4.78, 5) is 28.8. The van der Waals surface area contributed by atoms with Gasteiger partial charge >= 0.3 is 24.4 Å². The van der Waals surface area contributed by atoms with Gasteiger partial charge in [0.25, 0.3) is 0 Å². The van der Waals surface area contributed by atoms with Gasteiger partial charge in [0, 0.05) is 42.6 Å². The molecule has 4 amide bonds. The number of hydrogen-bond acceptors (Lipinski definition) is 10. The van der Waals surface area contributed by atoms with Gasteiger partial charge in [-0.25, -0.2) is 31.4 Å². The molecule has 1 aromatic heterocycles. The number of ether oxygens (including phenoxy) is 3. The summed E-state index contributed by atoms with van der Waals surface area (Å²) >= 11 is 0. The number of nitrogens with zero attached hydrogens (tertiary/aromatic N) is 1.